The van der Waals surface area contributed by atoms with Crippen LogP contribution in [0.15, 0.2) is 42.7 Å². The first kappa shape index (κ1) is 18.9. The van der Waals surface area contributed by atoms with E-state index in [2.05, 4.69) is 20.6 Å². The van der Waals surface area contributed by atoms with E-state index in [0.717, 1.165) is 43.7 Å². The normalized spacial score (nSPS) is 17.3. The summed E-state index contributed by atoms with van der Waals surface area (Å²) in [5, 5.41) is 7.22. The Kier molecular flexibility index (Phi) is 5.90. The second kappa shape index (κ2) is 8.72. The number of thiazole rings is 1. The highest BCUT2D eigenvalue weighted by Gasteiger charge is 2.14. The number of pyridine rings is 1. The van der Waals surface area contributed by atoms with E-state index in [1.807, 2.05) is 12.1 Å². The average molecular weight is 402 g/mol. The molecule has 0 radical (unpaired) electrons. The second-order valence-electron chi connectivity index (χ2n) is 6.68. The fourth-order valence-corrected chi connectivity index (χ4v) is 3.94. The van der Waals surface area contributed by atoms with Crippen molar-refractivity contribution in [3.63, 3.8) is 0 Å². The minimum absolute atomic E-state index is 0.428. The molecule has 0 spiro atoms. The monoisotopic (exact) mass is 402 g/mol. The molecule has 3 heterocycles. The van der Waals surface area contributed by atoms with Crippen molar-refractivity contribution in [1.29, 1.82) is 0 Å². The van der Waals surface area contributed by atoms with Gasteiger partial charge in [-0.1, -0.05) is 17.4 Å². The van der Waals surface area contributed by atoms with Gasteiger partial charge in [-0.25, -0.2) is 18.7 Å². The molecule has 5 nitrogen and oxygen atoms in total. The van der Waals surface area contributed by atoms with E-state index in [1.165, 1.54) is 29.0 Å². The van der Waals surface area contributed by atoms with E-state index in [4.69, 9.17) is 4.74 Å². The molecule has 1 fully saturated rings. The minimum Gasteiger partial charge on any atom is -0.380 e. The van der Waals surface area contributed by atoms with Gasteiger partial charge in [0.25, 0.3) is 0 Å². The number of anilines is 2. The van der Waals surface area contributed by atoms with Crippen molar-refractivity contribution in [2.45, 2.75) is 6.42 Å². The first-order chi connectivity index (χ1) is 13.7. The van der Waals surface area contributed by atoms with Gasteiger partial charge in [0.2, 0.25) is 0 Å². The van der Waals surface area contributed by atoms with Gasteiger partial charge in [-0.05, 0) is 47.7 Å². The third-order valence-corrected chi connectivity index (χ3v) is 5.47. The molecule has 1 aliphatic heterocycles. The molecule has 4 rings (SSSR count). The smallest absolute Gasteiger partial charge is 0.188 e. The van der Waals surface area contributed by atoms with Crippen LogP contribution >= 0.6 is 11.3 Å². The Balaban J connectivity index is 1.44. The molecule has 2 aromatic heterocycles. The highest BCUT2D eigenvalue weighted by Crippen LogP contribution is 2.31. The lowest BCUT2D eigenvalue weighted by atomic mass is 10.0. The lowest BCUT2D eigenvalue weighted by molar-refractivity contribution is 0.123. The molecule has 2 N–H and O–H groups in total. The van der Waals surface area contributed by atoms with Gasteiger partial charge in [0, 0.05) is 25.5 Å². The molecule has 3 aromatic rings. The van der Waals surface area contributed by atoms with Gasteiger partial charge >= 0.3 is 0 Å². The number of nitrogens with zero attached hydrogens (tertiary/aromatic N) is 2. The van der Waals surface area contributed by atoms with Crippen LogP contribution in [0, 0.1) is 17.6 Å². The van der Waals surface area contributed by atoms with Gasteiger partial charge < -0.3 is 15.4 Å². The Morgan fingerprint density at radius 3 is 3.00 bits per heavy atom. The van der Waals surface area contributed by atoms with Crippen LogP contribution in [0.2, 0.25) is 0 Å². The number of halogens is 2. The maximum Gasteiger partial charge on any atom is 0.188 e. The molecular formula is C20H20F2N4OS. The maximum atomic E-state index is 13.5. The van der Waals surface area contributed by atoms with Crippen molar-refractivity contribution in [1.82, 2.24) is 15.3 Å². The Labute approximate surface area is 165 Å². The Morgan fingerprint density at radius 2 is 2.11 bits per heavy atom. The van der Waals surface area contributed by atoms with E-state index in [1.54, 1.807) is 12.4 Å². The van der Waals surface area contributed by atoms with Crippen LogP contribution in [0.3, 0.4) is 0 Å². The maximum absolute atomic E-state index is 13.5. The Bertz CT molecular complexity index is 941. The first-order valence-electron chi connectivity index (χ1n) is 9.09. The fourth-order valence-electron chi connectivity index (χ4n) is 3.12. The fraction of sp³-hybridized carbons (Fsp3) is 0.300. The Morgan fingerprint density at radius 1 is 1.18 bits per heavy atom. The van der Waals surface area contributed by atoms with E-state index >= 15 is 0 Å². The predicted molar refractivity (Wildman–Crippen MR) is 106 cm³/mol. The summed E-state index contributed by atoms with van der Waals surface area (Å²) in [6, 6.07) is 7.84. The van der Waals surface area contributed by atoms with Crippen molar-refractivity contribution in [3.8, 4) is 10.4 Å². The standard InChI is InChI=1S/C20H20F2N4OS/c21-16-2-1-15(9-17(16)22)18-11-25-20(28-18)26-19-8-13(3-4-24-19)7-14-10-23-5-6-27-12-14/h1-4,8-9,11,14,23H,5-7,10,12H2,(H,24,25,26)/t14-/m1/s1. The van der Waals surface area contributed by atoms with Crippen LogP contribution in [0.25, 0.3) is 10.4 Å². The largest absolute Gasteiger partial charge is 0.380 e. The van der Waals surface area contributed by atoms with Crippen LogP contribution in [0.1, 0.15) is 5.56 Å². The van der Waals surface area contributed by atoms with Gasteiger partial charge in [-0.2, -0.15) is 0 Å². The van der Waals surface area contributed by atoms with Crippen molar-refractivity contribution in [2.75, 3.05) is 31.6 Å². The molecule has 0 amide bonds. The van der Waals surface area contributed by atoms with Crippen LogP contribution in [-0.4, -0.2) is 36.3 Å². The van der Waals surface area contributed by atoms with Gasteiger partial charge in [-0.3, -0.25) is 0 Å². The molecule has 146 valence electrons. The number of aromatic nitrogens is 2. The number of ether oxygens (including phenoxy) is 1. The van der Waals surface area contributed by atoms with E-state index < -0.39 is 11.6 Å². The van der Waals surface area contributed by atoms with E-state index in [9.17, 15) is 8.78 Å². The number of hydrogen-bond acceptors (Lipinski definition) is 6. The highest BCUT2D eigenvalue weighted by molar-refractivity contribution is 7.18. The zero-order valence-electron chi connectivity index (χ0n) is 15.1. The molecule has 1 atom stereocenters. The molecule has 1 saturated heterocycles. The summed E-state index contributed by atoms with van der Waals surface area (Å²) in [7, 11) is 0. The zero-order chi connectivity index (χ0) is 19.3. The van der Waals surface area contributed by atoms with Crippen LogP contribution in [-0.2, 0) is 11.2 Å². The van der Waals surface area contributed by atoms with Crippen LogP contribution in [0.4, 0.5) is 19.7 Å². The first-order valence-corrected chi connectivity index (χ1v) is 9.91. The van der Waals surface area contributed by atoms with E-state index in [0.29, 0.717) is 22.4 Å². The van der Waals surface area contributed by atoms with Crippen LogP contribution in [0.5, 0.6) is 0 Å². The summed E-state index contributed by atoms with van der Waals surface area (Å²) in [5.74, 6) is -0.600. The second-order valence-corrected chi connectivity index (χ2v) is 7.71. The molecule has 0 saturated carbocycles. The summed E-state index contributed by atoms with van der Waals surface area (Å²) in [5.41, 5.74) is 1.76. The highest BCUT2D eigenvalue weighted by atomic mass is 32.1. The van der Waals surface area contributed by atoms with Gasteiger partial charge in [0.05, 0.1) is 18.1 Å². The Hall–Kier alpha value is -2.42. The molecule has 0 unspecified atom stereocenters. The van der Waals surface area contributed by atoms with Crippen molar-refractivity contribution in [3.05, 3.63) is 59.9 Å². The summed E-state index contributed by atoms with van der Waals surface area (Å²) in [6.07, 6.45) is 4.31. The quantitative estimate of drug-likeness (QED) is 0.675. The van der Waals surface area contributed by atoms with E-state index in [-0.39, 0.29) is 0 Å². The lowest BCUT2D eigenvalue weighted by Gasteiger charge is -2.14. The molecule has 1 aromatic carbocycles. The molecular weight excluding hydrogens is 382 g/mol. The summed E-state index contributed by atoms with van der Waals surface area (Å²) >= 11 is 1.36. The average Bonchev–Trinajstić information content (AvgIpc) is 3.00. The number of benzene rings is 1. The van der Waals surface area contributed by atoms with Gasteiger partial charge in [0.1, 0.15) is 5.82 Å². The number of nitrogens with one attached hydrogen (secondary N) is 2. The summed E-state index contributed by atoms with van der Waals surface area (Å²) in [4.78, 5) is 9.42. The predicted octanol–water partition coefficient (Wildman–Crippen LogP) is 4.01. The van der Waals surface area contributed by atoms with Gasteiger partial charge in [0.15, 0.2) is 16.8 Å². The topological polar surface area (TPSA) is 59.1 Å². The molecule has 8 heteroatoms. The van der Waals surface area contributed by atoms with Crippen molar-refractivity contribution >= 4 is 22.3 Å². The van der Waals surface area contributed by atoms with Crippen molar-refractivity contribution < 1.29 is 13.5 Å². The molecule has 0 aliphatic carbocycles. The third kappa shape index (κ3) is 4.70. The number of rotatable bonds is 5. The molecule has 28 heavy (non-hydrogen) atoms. The summed E-state index contributed by atoms with van der Waals surface area (Å²) in [6.45, 7) is 3.34. The SMILES string of the molecule is Fc1ccc(-c2cnc(Nc3cc(C[C@@H]4CNCCOC4)ccn3)s2)cc1F. The van der Waals surface area contributed by atoms with Gasteiger partial charge in [-0.15, -0.1) is 0 Å². The van der Waals surface area contributed by atoms with Crippen LogP contribution < -0.4 is 10.6 Å². The lowest BCUT2D eigenvalue weighted by Crippen LogP contribution is -2.24. The van der Waals surface area contributed by atoms with Crippen molar-refractivity contribution in [2.24, 2.45) is 5.92 Å². The molecule has 0 bridgehead atoms. The summed E-state index contributed by atoms with van der Waals surface area (Å²) < 4.78 is 32.2. The zero-order valence-corrected chi connectivity index (χ0v) is 15.9. The minimum atomic E-state index is -0.869. The molecule has 1 aliphatic rings. The third-order valence-electron chi connectivity index (χ3n) is 4.50. The number of hydrogen-bond donors (Lipinski definition) is 2.